The predicted molar refractivity (Wildman–Crippen MR) is 147 cm³/mol. The summed E-state index contributed by atoms with van der Waals surface area (Å²) in [6, 6.07) is 3.84. The first kappa shape index (κ1) is 28.6. The van der Waals surface area contributed by atoms with Crippen molar-refractivity contribution in [1.29, 1.82) is 0 Å². The Morgan fingerprint density at radius 1 is 1.03 bits per heavy atom. The molecular formula is C26H42N4O5S2. The minimum Gasteiger partial charge on any atom is -0.497 e. The highest BCUT2D eigenvalue weighted by atomic mass is 32.2. The third-order valence-electron chi connectivity index (χ3n) is 7.82. The molecule has 208 valence electrons. The van der Waals surface area contributed by atoms with Gasteiger partial charge in [0.05, 0.1) is 24.7 Å². The van der Waals surface area contributed by atoms with E-state index in [1.807, 2.05) is 4.90 Å². The molecule has 0 bridgehead atoms. The van der Waals surface area contributed by atoms with Crippen molar-refractivity contribution in [2.75, 3.05) is 84.7 Å². The van der Waals surface area contributed by atoms with E-state index >= 15 is 0 Å². The van der Waals surface area contributed by atoms with Crippen LogP contribution >= 0.6 is 11.8 Å². The van der Waals surface area contributed by atoms with Crippen molar-refractivity contribution in [3.63, 3.8) is 0 Å². The lowest BCUT2D eigenvalue weighted by atomic mass is 10.0. The van der Waals surface area contributed by atoms with Gasteiger partial charge >= 0.3 is 0 Å². The summed E-state index contributed by atoms with van der Waals surface area (Å²) >= 11 is 1.72. The molecule has 4 rings (SSSR count). The second-order valence-electron chi connectivity index (χ2n) is 10.4. The first-order chi connectivity index (χ1) is 17.7. The topological polar surface area (TPSA) is 82.6 Å². The highest BCUT2D eigenvalue weighted by Crippen LogP contribution is 2.31. The van der Waals surface area contributed by atoms with Crippen LogP contribution in [0.25, 0.3) is 0 Å². The molecule has 0 spiro atoms. The SMILES string of the molecule is COc1cc(C)c(S(=O)(=O)N2CCSC[C@H]2COCC(=O)N2CCN(C3CCN(C)CC3)CC2)c(C)c1. The molecule has 0 aromatic heterocycles. The Bertz CT molecular complexity index is 1010. The van der Waals surface area contributed by atoms with E-state index in [4.69, 9.17) is 9.47 Å². The van der Waals surface area contributed by atoms with Gasteiger partial charge in [0.15, 0.2) is 0 Å². The van der Waals surface area contributed by atoms with Crippen molar-refractivity contribution in [3.8, 4) is 5.75 Å². The van der Waals surface area contributed by atoms with Crippen LogP contribution in [0.4, 0.5) is 0 Å². The molecule has 9 nitrogen and oxygen atoms in total. The van der Waals surface area contributed by atoms with Crippen LogP contribution in [0.15, 0.2) is 17.0 Å². The second kappa shape index (κ2) is 12.7. The summed E-state index contributed by atoms with van der Waals surface area (Å²) in [6.45, 7) is 9.79. The molecule has 3 saturated heterocycles. The van der Waals surface area contributed by atoms with E-state index in [9.17, 15) is 13.2 Å². The molecule has 0 N–H and O–H groups in total. The first-order valence-corrected chi connectivity index (χ1v) is 15.8. The number of piperazine rings is 1. The Hall–Kier alpha value is -1.37. The minimum atomic E-state index is -3.71. The number of likely N-dealkylation sites (tertiary alicyclic amines) is 1. The Morgan fingerprint density at radius 2 is 1.68 bits per heavy atom. The maximum absolute atomic E-state index is 13.7. The molecule has 1 amide bonds. The molecule has 0 unspecified atom stereocenters. The normalized spacial score (nSPS) is 23.4. The van der Waals surface area contributed by atoms with Crippen LogP contribution < -0.4 is 4.74 Å². The van der Waals surface area contributed by atoms with E-state index in [0.717, 1.165) is 45.0 Å². The molecule has 0 aliphatic carbocycles. The number of ether oxygens (including phenoxy) is 2. The fraction of sp³-hybridized carbons (Fsp3) is 0.731. The summed E-state index contributed by atoms with van der Waals surface area (Å²) in [4.78, 5) is 20.0. The Balaban J connectivity index is 1.30. The van der Waals surface area contributed by atoms with Gasteiger partial charge in [-0.25, -0.2) is 8.42 Å². The van der Waals surface area contributed by atoms with Gasteiger partial charge in [0.25, 0.3) is 0 Å². The number of amides is 1. The van der Waals surface area contributed by atoms with Crippen LogP contribution in [0.3, 0.4) is 0 Å². The molecule has 3 heterocycles. The zero-order valence-electron chi connectivity index (χ0n) is 22.6. The number of carbonyl (C=O) groups excluding carboxylic acids is 1. The number of hydrogen-bond donors (Lipinski definition) is 0. The van der Waals surface area contributed by atoms with Crippen molar-refractivity contribution in [2.45, 2.75) is 43.7 Å². The van der Waals surface area contributed by atoms with Crippen LogP contribution in [-0.4, -0.2) is 130 Å². The number of aryl methyl sites for hydroxylation is 2. The third kappa shape index (κ3) is 6.80. The first-order valence-electron chi connectivity index (χ1n) is 13.2. The Morgan fingerprint density at radius 3 is 2.30 bits per heavy atom. The van der Waals surface area contributed by atoms with E-state index in [1.165, 1.54) is 12.8 Å². The van der Waals surface area contributed by atoms with Crippen LogP contribution in [0.5, 0.6) is 5.75 Å². The zero-order chi connectivity index (χ0) is 26.6. The predicted octanol–water partition coefficient (Wildman–Crippen LogP) is 1.67. The van der Waals surface area contributed by atoms with E-state index in [1.54, 1.807) is 49.2 Å². The van der Waals surface area contributed by atoms with Crippen LogP contribution in [0.1, 0.15) is 24.0 Å². The Kier molecular flexibility index (Phi) is 9.79. The van der Waals surface area contributed by atoms with Crippen molar-refractivity contribution in [3.05, 3.63) is 23.3 Å². The van der Waals surface area contributed by atoms with Crippen molar-refractivity contribution in [1.82, 2.24) is 19.0 Å². The van der Waals surface area contributed by atoms with E-state index in [0.29, 0.717) is 40.1 Å². The maximum Gasteiger partial charge on any atom is 0.248 e. The summed E-state index contributed by atoms with van der Waals surface area (Å²) in [5.74, 6) is 2.03. The lowest BCUT2D eigenvalue weighted by molar-refractivity contribution is -0.138. The average molecular weight is 555 g/mol. The molecule has 3 fully saturated rings. The van der Waals surface area contributed by atoms with Crippen LogP contribution in [0.2, 0.25) is 0 Å². The lowest BCUT2D eigenvalue weighted by Crippen LogP contribution is -2.54. The fourth-order valence-electron chi connectivity index (χ4n) is 5.71. The molecule has 11 heteroatoms. The molecule has 0 saturated carbocycles. The second-order valence-corrected chi connectivity index (χ2v) is 13.4. The van der Waals surface area contributed by atoms with Gasteiger partial charge < -0.3 is 19.3 Å². The quantitative estimate of drug-likeness (QED) is 0.480. The number of hydrogen-bond acceptors (Lipinski definition) is 8. The fourth-order valence-corrected chi connectivity index (χ4v) is 8.99. The standard InChI is InChI=1S/C26H42N4O5S2/c1-20-15-24(34-4)16-21(2)26(20)37(32,33)30-13-14-36-19-23(30)17-35-18-25(31)29-11-9-28(10-12-29)22-5-7-27(3)8-6-22/h15-16,22-23H,5-14,17-19H2,1-4H3/t23-/m1/s1. The molecule has 0 radical (unpaired) electrons. The Labute approximate surface area is 226 Å². The highest BCUT2D eigenvalue weighted by molar-refractivity contribution is 7.99. The van der Waals surface area contributed by atoms with Gasteiger partial charge in [0.1, 0.15) is 12.4 Å². The van der Waals surface area contributed by atoms with Gasteiger partial charge in [-0.3, -0.25) is 9.69 Å². The van der Waals surface area contributed by atoms with Crippen molar-refractivity contribution >= 4 is 27.7 Å². The van der Waals surface area contributed by atoms with Gasteiger partial charge in [-0.2, -0.15) is 16.1 Å². The number of sulfonamides is 1. The van der Waals surface area contributed by atoms with Crippen molar-refractivity contribution < 1.29 is 22.7 Å². The van der Waals surface area contributed by atoms with Crippen LogP contribution in [0, 0.1) is 13.8 Å². The van der Waals surface area contributed by atoms with Crippen LogP contribution in [-0.2, 0) is 19.6 Å². The van der Waals surface area contributed by atoms with Crippen molar-refractivity contribution in [2.24, 2.45) is 0 Å². The molecule has 3 aliphatic heterocycles. The van der Waals surface area contributed by atoms with Gasteiger partial charge in [0, 0.05) is 50.3 Å². The number of carbonyl (C=O) groups is 1. The molecule has 3 aliphatic rings. The largest absolute Gasteiger partial charge is 0.497 e. The molecule has 1 aromatic rings. The average Bonchev–Trinajstić information content (AvgIpc) is 2.88. The van der Waals surface area contributed by atoms with Gasteiger partial charge in [-0.05, 0) is 70.1 Å². The minimum absolute atomic E-state index is 0.0101. The number of thioether (sulfide) groups is 1. The molecule has 37 heavy (non-hydrogen) atoms. The number of rotatable bonds is 8. The third-order valence-corrected chi connectivity index (χ3v) is 11.2. The molecule has 1 atom stereocenters. The number of benzene rings is 1. The van der Waals surface area contributed by atoms with Gasteiger partial charge in [-0.15, -0.1) is 0 Å². The van der Waals surface area contributed by atoms with E-state index < -0.39 is 10.0 Å². The summed E-state index contributed by atoms with van der Waals surface area (Å²) < 4.78 is 40.1. The number of piperidine rings is 1. The lowest BCUT2D eigenvalue weighted by Gasteiger charge is -2.42. The van der Waals surface area contributed by atoms with Gasteiger partial charge in [-0.1, -0.05) is 0 Å². The summed E-state index contributed by atoms with van der Waals surface area (Å²) in [6.07, 6.45) is 2.39. The monoisotopic (exact) mass is 554 g/mol. The zero-order valence-corrected chi connectivity index (χ0v) is 24.3. The molecular weight excluding hydrogens is 512 g/mol. The summed E-state index contributed by atoms with van der Waals surface area (Å²) in [5, 5.41) is 0. The highest BCUT2D eigenvalue weighted by Gasteiger charge is 2.36. The molecule has 1 aromatic carbocycles. The number of methoxy groups -OCH3 is 1. The summed E-state index contributed by atoms with van der Waals surface area (Å²) in [7, 11) is 0.0445. The smallest absolute Gasteiger partial charge is 0.248 e. The maximum atomic E-state index is 13.7. The van der Waals surface area contributed by atoms with E-state index in [-0.39, 0.29) is 25.2 Å². The number of nitrogens with zero attached hydrogens (tertiary/aromatic N) is 4. The van der Waals surface area contributed by atoms with Gasteiger partial charge in [0.2, 0.25) is 15.9 Å². The van der Waals surface area contributed by atoms with E-state index in [2.05, 4.69) is 16.8 Å². The summed E-state index contributed by atoms with van der Waals surface area (Å²) in [5.41, 5.74) is 1.34.